The number of ether oxygens (including phenoxy) is 3. The van der Waals surface area contributed by atoms with Gasteiger partial charge in [-0.05, 0) is 30.7 Å². The van der Waals surface area contributed by atoms with E-state index in [1.807, 2.05) is 4.90 Å². The Labute approximate surface area is 171 Å². The SMILES string of the molecule is COc1ccc(O[C@@H]2CCN(CCS(=O)(=O)c3ccccc3)C[C@H]2O)cc1OC. The Hall–Kier alpha value is -2.29. The van der Waals surface area contributed by atoms with Gasteiger partial charge in [-0.3, -0.25) is 4.90 Å². The number of hydrogen-bond acceptors (Lipinski definition) is 7. The van der Waals surface area contributed by atoms with E-state index >= 15 is 0 Å². The molecule has 0 radical (unpaired) electrons. The van der Waals surface area contributed by atoms with E-state index in [2.05, 4.69) is 0 Å². The third-order valence-electron chi connectivity index (χ3n) is 5.03. The largest absolute Gasteiger partial charge is 0.493 e. The number of aliphatic hydroxyl groups excluding tert-OH is 1. The lowest BCUT2D eigenvalue weighted by Crippen LogP contribution is -2.50. The van der Waals surface area contributed by atoms with Gasteiger partial charge >= 0.3 is 0 Å². The Balaban J connectivity index is 1.54. The number of likely N-dealkylation sites (tertiary alicyclic amines) is 1. The van der Waals surface area contributed by atoms with Crippen LogP contribution in [0.2, 0.25) is 0 Å². The van der Waals surface area contributed by atoms with Crippen molar-refractivity contribution in [2.75, 3.05) is 39.6 Å². The highest BCUT2D eigenvalue weighted by atomic mass is 32.2. The van der Waals surface area contributed by atoms with Gasteiger partial charge in [0.1, 0.15) is 18.0 Å². The number of piperidine rings is 1. The molecule has 0 spiro atoms. The summed E-state index contributed by atoms with van der Waals surface area (Å²) in [5.41, 5.74) is 0. The number of hydrogen-bond donors (Lipinski definition) is 1. The molecule has 0 bridgehead atoms. The highest BCUT2D eigenvalue weighted by Crippen LogP contribution is 2.32. The number of nitrogens with zero attached hydrogens (tertiary/aromatic N) is 1. The van der Waals surface area contributed by atoms with E-state index in [0.717, 1.165) is 0 Å². The number of rotatable bonds is 8. The van der Waals surface area contributed by atoms with E-state index < -0.39 is 15.9 Å². The molecule has 8 heteroatoms. The quantitative estimate of drug-likeness (QED) is 0.698. The van der Waals surface area contributed by atoms with Crippen LogP contribution in [-0.4, -0.2) is 70.2 Å². The molecule has 1 N–H and O–H groups in total. The van der Waals surface area contributed by atoms with Gasteiger partial charge in [-0.2, -0.15) is 0 Å². The Morgan fingerprint density at radius 3 is 2.45 bits per heavy atom. The molecule has 7 nitrogen and oxygen atoms in total. The minimum absolute atomic E-state index is 0.0188. The van der Waals surface area contributed by atoms with Crippen molar-refractivity contribution in [3.8, 4) is 17.2 Å². The van der Waals surface area contributed by atoms with Crippen LogP contribution in [0.4, 0.5) is 0 Å². The molecular formula is C21H27NO6S. The fraction of sp³-hybridized carbons (Fsp3) is 0.429. The molecule has 1 aliphatic rings. The molecule has 158 valence electrons. The summed E-state index contributed by atoms with van der Waals surface area (Å²) >= 11 is 0. The highest BCUT2D eigenvalue weighted by Gasteiger charge is 2.30. The van der Waals surface area contributed by atoms with Crippen LogP contribution < -0.4 is 14.2 Å². The summed E-state index contributed by atoms with van der Waals surface area (Å²) in [6.45, 7) is 1.39. The number of aliphatic hydroxyl groups is 1. The summed E-state index contributed by atoms with van der Waals surface area (Å²) in [4.78, 5) is 2.28. The maximum absolute atomic E-state index is 12.4. The maximum Gasteiger partial charge on any atom is 0.179 e. The fourth-order valence-electron chi connectivity index (χ4n) is 3.38. The molecule has 2 atom stereocenters. The smallest absolute Gasteiger partial charge is 0.179 e. The number of β-amino-alcohol motifs (C(OH)–C–C–N with tert-alkyl or cyclic N) is 1. The molecule has 1 aliphatic heterocycles. The van der Waals surface area contributed by atoms with Gasteiger partial charge in [0.25, 0.3) is 0 Å². The fourth-order valence-corrected chi connectivity index (χ4v) is 4.68. The van der Waals surface area contributed by atoms with Crippen molar-refractivity contribution < 1.29 is 27.7 Å². The van der Waals surface area contributed by atoms with Crippen molar-refractivity contribution in [1.29, 1.82) is 0 Å². The second kappa shape index (κ2) is 9.47. The first-order valence-electron chi connectivity index (χ1n) is 9.50. The van der Waals surface area contributed by atoms with Gasteiger partial charge in [-0.25, -0.2) is 8.42 Å². The summed E-state index contributed by atoms with van der Waals surface area (Å²) in [6, 6.07) is 13.7. The highest BCUT2D eigenvalue weighted by molar-refractivity contribution is 7.91. The van der Waals surface area contributed by atoms with E-state index in [0.29, 0.717) is 48.2 Å². The molecule has 0 aromatic heterocycles. The molecule has 1 heterocycles. The van der Waals surface area contributed by atoms with Crippen molar-refractivity contribution in [2.45, 2.75) is 23.5 Å². The molecule has 1 fully saturated rings. The minimum atomic E-state index is -3.33. The maximum atomic E-state index is 12.4. The van der Waals surface area contributed by atoms with Gasteiger partial charge in [-0.15, -0.1) is 0 Å². The topological polar surface area (TPSA) is 85.3 Å². The zero-order chi connectivity index (χ0) is 20.9. The third kappa shape index (κ3) is 5.41. The molecule has 3 rings (SSSR count). The summed E-state index contributed by atoms with van der Waals surface area (Å²) in [5.74, 6) is 1.77. The van der Waals surface area contributed by atoms with E-state index in [9.17, 15) is 13.5 Å². The van der Waals surface area contributed by atoms with Crippen molar-refractivity contribution in [3.05, 3.63) is 48.5 Å². The molecule has 29 heavy (non-hydrogen) atoms. The Kier molecular flexibility index (Phi) is 7.00. The summed E-state index contributed by atoms with van der Waals surface area (Å²) in [6.07, 6.45) is -0.479. The first-order valence-corrected chi connectivity index (χ1v) is 11.1. The monoisotopic (exact) mass is 421 g/mol. The van der Waals surface area contributed by atoms with Crippen LogP contribution in [0.15, 0.2) is 53.4 Å². The zero-order valence-electron chi connectivity index (χ0n) is 16.7. The van der Waals surface area contributed by atoms with Crippen LogP contribution >= 0.6 is 0 Å². The van der Waals surface area contributed by atoms with E-state index in [4.69, 9.17) is 14.2 Å². The molecular weight excluding hydrogens is 394 g/mol. The van der Waals surface area contributed by atoms with Crippen LogP contribution in [0.1, 0.15) is 6.42 Å². The normalized spacial score (nSPS) is 20.2. The minimum Gasteiger partial charge on any atom is -0.493 e. The summed E-state index contributed by atoms with van der Waals surface area (Å²) < 4.78 is 41.3. The predicted molar refractivity (Wildman–Crippen MR) is 110 cm³/mol. The van der Waals surface area contributed by atoms with Crippen molar-refractivity contribution in [1.82, 2.24) is 4.90 Å². The molecule has 0 saturated carbocycles. The Bertz CT molecular complexity index is 903. The lowest BCUT2D eigenvalue weighted by molar-refractivity contribution is -0.0236. The number of methoxy groups -OCH3 is 2. The van der Waals surface area contributed by atoms with Gasteiger partial charge < -0.3 is 19.3 Å². The van der Waals surface area contributed by atoms with Gasteiger partial charge in [0.05, 0.1) is 24.9 Å². The van der Waals surface area contributed by atoms with Crippen LogP contribution in [0, 0.1) is 0 Å². The van der Waals surface area contributed by atoms with Gasteiger partial charge in [-0.1, -0.05) is 18.2 Å². The Morgan fingerprint density at radius 1 is 1.07 bits per heavy atom. The van der Waals surface area contributed by atoms with E-state index in [1.54, 1.807) is 62.8 Å². The van der Waals surface area contributed by atoms with Gasteiger partial charge in [0.15, 0.2) is 21.3 Å². The van der Waals surface area contributed by atoms with E-state index in [-0.39, 0.29) is 11.9 Å². The zero-order valence-corrected chi connectivity index (χ0v) is 17.5. The van der Waals surface area contributed by atoms with Crippen molar-refractivity contribution in [2.24, 2.45) is 0 Å². The lowest BCUT2D eigenvalue weighted by atomic mass is 10.0. The predicted octanol–water partition coefficient (Wildman–Crippen LogP) is 1.99. The Morgan fingerprint density at radius 2 is 1.79 bits per heavy atom. The van der Waals surface area contributed by atoms with Gasteiger partial charge in [0, 0.05) is 25.7 Å². The summed E-state index contributed by atoms with van der Waals surface area (Å²) in [5, 5.41) is 10.5. The number of sulfone groups is 1. The van der Waals surface area contributed by atoms with Crippen LogP contribution in [0.3, 0.4) is 0 Å². The first-order chi connectivity index (χ1) is 13.9. The van der Waals surface area contributed by atoms with Crippen LogP contribution in [-0.2, 0) is 9.84 Å². The average Bonchev–Trinajstić information content (AvgIpc) is 2.74. The molecule has 0 amide bonds. The standard InChI is InChI=1S/C21H27NO6S/c1-26-20-9-8-16(14-21(20)27-2)28-19-10-11-22(15-18(19)23)12-13-29(24,25)17-6-4-3-5-7-17/h3-9,14,18-19,23H,10-13,15H2,1-2H3/t18-,19-/m1/s1. The lowest BCUT2D eigenvalue weighted by Gasteiger charge is -2.35. The molecule has 0 aliphatic carbocycles. The molecule has 1 saturated heterocycles. The van der Waals surface area contributed by atoms with Crippen molar-refractivity contribution in [3.63, 3.8) is 0 Å². The summed E-state index contributed by atoms with van der Waals surface area (Å²) in [7, 11) is -0.214. The first kappa shape index (κ1) is 21.4. The van der Waals surface area contributed by atoms with E-state index in [1.165, 1.54) is 0 Å². The molecule has 2 aromatic rings. The third-order valence-corrected chi connectivity index (χ3v) is 6.74. The van der Waals surface area contributed by atoms with Crippen molar-refractivity contribution >= 4 is 9.84 Å². The van der Waals surface area contributed by atoms with Crippen LogP contribution in [0.5, 0.6) is 17.2 Å². The molecule has 2 aromatic carbocycles. The second-order valence-corrected chi connectivity index (χ2v) is 9.07. The van der Waals surface area contributed by atoms with Gasteiger partial charge in [0.2, 0.25) is 0 Å². The second-order valence-electron chi connectivity index (χ2n) is 6.96. The van der Waals surface area contributed by atoms with Crippen LogP contribution in [0.25, 0.3) is 0 Å². The number of benzene rings is 2. The molecule has 0 unspecified atom stereocenters. The average molecular weight is 422 g/mol.